The average molecular weight is 272 g/mol. The zero-order valence-corrected chi connectivity index (χ0v) is 10.6. The topological polar surface area (TPSA) is 60.2 Å². The third-order valence-electron chi connectivity index (χ3n) is 1.87. The molecule has 0 amide bonds. The SMILES string of the molecule is CC(=O)SCC=Cc1cc(Cl)ccc1[N+](=O)[O-]. The molecule has 0 aliphatic carbocycles. The van der Waals surface area contributed by atoms with E-state index in [1.807, 2.05) is 0 Å². The highest BCUT2D eigenvalue weighted by Gasteiger charge is 2.10. The van der Waals surface area contributed by atoms with Crippen LogP contribution in [-0.4, -0.2) is 15.8 Å². The Morgan fingerprint density at radius 1 is 1.59 bits per heavy atom. The molecule has 0 bridgehead atoms. The standard InChI is InChI=1S/C11H10ClNO3S/c1-8(14)17-6-2-3-9-7-10(12)4-5-11(9)13(15)16/h2-5,7H,6H2,1H3. The van der Waals surface area contributed by atoms with Gasteiger partial charge in [-0.1, -0.05) is 35.5 Å². The highest BCUT2D eigenvalue weighted by Crippen LogP contribution is 2.24. The lowest BCUT2D eigenvalue weighted by molar-refractivity contribution is -0.385. The molecule has 4 nitrogen and oxygen atoms in total. The second kappa shape index (κ2) is 6.42. The molecule has 0 saturated heterocycles. The number of thioether (sulfide) groups is 1. The van der Waals surface area contributed by atoms with Gasteiger partial charge in [0.1, 0.15) is 0 Å². The van der Waals surface area contributed by atoms with Crippen LogP contribution in [0.4, 0.5) is 5.69 Å². The molecule has 0 saturated carbocycles. The average Bonchev–Trinajstić information content (AvgIpc) is 2.23. The van der Waals surface area contributed by atoms with E-state index in [1.165, 1.54) is 25.1 Å². The Kier molecular flexibility index (Phi) is 5.18. The summed E-state index contributed by atoms with van der Waals surface area (Å²) in [5, 5.41) is 11.2. The first-order valence-corrected chi connectivity index (χ1v) is 6.11. The first kappa shape index (κ1) is 13.7. The molecule has 0 radical (unpaired) electrons. The van der Waals surface area contributed by atoms with E-state index in [0.717, 1.165) is 11.8 Å². The van der Waals surface area contributed by atoms with Gasteiger partial charge in [0.25, 0.3) is 5.69 Å². The Morgan fingerprint density at radius 3 is 2.88 bits per heavy atom. The summed E-state index contributed by atoms with van der Waals surface area (Å²) in [6.45, 7) is 1.47. The van der Waals surface area contributed by atoms with Gasteiger partial charge in [-0.05, 0) is 12.1 Å². The minimum atomic E-state index is -0.464. The van der Waals surface area contributed by atoms with E-state index < -0.39 is 4.92 Å². The Bertz CT molecular complexity index is 474. The predicted molar refractivity (Wildman–Crippen MR) is 70.3 cm³/mol. The van der Waals surface area contributed by atoms with E-state index in [0.29, 0.717) is 16.3 Å². The van der Waals surface area contributed by atoms with Gasteiger partial charge in [-0.3, -0.25) is 14.9 Å². The molecule has 1 aromatic rings. The van der Waals surface area contributed by atoms with Crippen LogP contribution < -0.4 is 0 Å². The number of nitro groups is 1. The maximum Gasteiger partial charge on any atom is 0.276 e. The smallest absolute Gasteiger partial charge is 0.276 e. The van der Waals surface area contributed by atoms with Crippen molar-refractivity contribution in [1.29, 1.82) is 0 Å². The summed E-state index contributed by atoms with van der Waals surface area (Å²) in [4.78, 5) is 21.0. The summed E-state index contributed by atoms with van der Waals surface area (Å²) in [6, 6.07) is 4.36. The van der Waals surface area contributed by atoms with Gasteiger partial charge in [-0.15, -0.1) is 0 Å². The van der Waals surface area contributed by atoms with Crippen LogP contribution in [-0.2, 0) is 4.79 Å². The fourth-order valence-corrected chi connectivity index (χ4v) is 1.77. The van der Waals surface area contributed by atoms with E-state index in [9.17, 15) is 14.9 Å². The summed E-state index contributed by atoms with van der Waals surface area (Å²) in [5.74, 6) is 0.485. The number of rotatable bonds is 4. The van der Waals surface area contributed by atoms with Gasteiger partial charge in [0.05, 0.1) is 10.5 Å². The van der Waals surface area contributed by atoms with E-state index in [-0.39, 0.29) is 10.8 Å². The summed E-state index contributed by atoms with van der Waals surface area (Å²) >= 11 is 6.91. The zero-order valence-electron chi connectivity index (χ0n) is 9.05. The van der Waals surface area contributed by atoms with Crippen LogP contribution in [0.5, 0.6) is 0 Å². The predicted octanol–water partition coefficient (Wildman–Crippen LogP) is 3.54. The van der Waals surface area contributed by atoms with Crippen molar-refractivity contribution in [2.75, 3.05) is 5.75 Å². The van der Waals surface area contributed by atoms with Crippen molar-refractivity contribution in [3.8, 4) is 0 Å². The molecule has 1 aromatic carbocycles. The van der Waals surface area contributed by atoms with Crippen LogP contribution >= 0.6 is 23.4 Å². The van der Waals surface area contributed by atoms with Crippen molar-refractivity contribution in [2.24, 2.45) is 0 Å². The Hall–Kier alpha value is -1.33. The molecule has 0 N–H and O–H groups in total. The third-order valence-corrected chi connectivity index (χ3v) is 2.87. The maximum atomic E-state index is 10.7. The van der Waals surface area contributed by atoms with E-state index >= 15 is 0 Å². The molecular formula is C11H10ClNO3S. The van der Waals surface area contributed by atoms with E-state index in [4.69, 9.17) is 11.6 Å². The van der Waals surface area contributed by atoms with E-state index in [2.05, 4.69) is 0 Å². The fourth-order valence-electron chi connectivity index (χ4n) is 1.17. The molecular weight excluding hydrogens is 262 g/mol. The number of carbonyl (C=O) groups is 1. The van der Waals surface area contributed by atoms with Crippen LogP contribution in [0.15, 0.2) is 24.3 Å². The molecule has 17 heavy (non-hydrogen) atoms. The minimum Gasteiger partial charge on any atom is -0.288 e. The molecule has 1 rings (SSSR count). The Morgan fingerprint density at radius 2 is 2.29 bits per heavy atom. The number of carbonyl (C=O) groups excluding carboxylic acids is 1. The number of nitrogens with zero attached hydrogens (tertiary/aromatic N) is 1. The van der Waals surface area contributed by atoms with Gasteiger partial charge in [0.2, 0.25) is 0 Å². The highest BCUT2D eigenvalue weighted by atomic mass is 35.5. The molecule has 0 aliphatic rings. The minimum absolute atomic E-state index is 0.00141. The van der Waals surface area contributed by atoms with Crippen molar-refractivity contribution in [2.45, 2.75) is 6.92 Å². The van der Waals surface area contributed by atoms with Gasteiger partial charge in [-0.2, -0.15) is 0 Å². The molecule has 90 valence electrons. The van der Waals surface area contributed by atoms with Crippen molar-refractivity contribution < 1.29 is 9.72 Å². The second-order valence-electron chi connectivity index (χ2n) is 3.17. The summed E-state index contributed by atoms with van der Waals surface area (Å²) in [5.41, 5.74) is 0.435. The van der Waals surface area contributed by atoms with Gasteiger partial charge in [-0.25, -0.2) is 0 Å². The van der Waals surface area contributed by atoms with Crippen molar-refractivity contribution in [1.82, 2.24) is 0 Å². The zero-order chi connectivity index (χ0) is 12.8. The molecule has 0 fully saturated rings. The number of hydrogen-bond donors (Lipinski definition) is 0. The van der Waals surface area contributed by atoms with Crippen LogP contribution in [0.25, 0.3) is 6.08 Å². The number of halogens is 1. The Balaban J connectivity index is 2.85. The number of nitro benzene ring substituents is 1. The molecule has 0 heterocycles. The van der Waals surface area contributed by atoms with Crippen molar-refractivity contribution in [3.63, 3.8) is 0 Å². The largest absolute Gasteiger partial charge is 0.288 e. The lowest BCUT2D eigenvalue weighted by atomic mass is 10.1. The van der Waals surface area contributed by atoms with Crippen molar-refractivity contribution >= 4 is 40.2 Å². The Labute approximate surface area is 108 Å². The molecule has 0 unspecified atom stereocenters. The number of benzene rings is 1. The van der Waals surface area contributed by atoms with Crippen LogP contribution in [0, 0.1) is 10.1 Å². The highest BCUT2D eigenvalue weighted by molar-refractivity contribution is 8.13. The first-order chi connectivity index (χ1) is 8.00. The lowest BCUT2D eigenvalue weighted by Gasteiger charge is -1.98. The first-order valence-electron chi connectivity index (χ1n) is 4.74. The monoisotopic (exact) mass is 271 g/mol. The summed E-state index contributed by atoms with van der Waals surface area (Å²) in [7, 11) is 0. The third kappa shape index (κ3) is 4.58. The normalized spacial score (nSPS) is 10.7. The molecule has 0 spiro atoms. The summed E-state index contributed by atoms with van der Waals surface area (Å²) in [6.07, 6.45) is 3.30. The molecule has 0 aliphatic heterocycles. The van der Waals surface area contributed by atoms with Gasteiger partial charge < -0.3 is 0 Å². The molecule has 0 aromatic heterocycles. The molecule has 0 atom stereocenters. The van der Waals surface area contributed by atoms with Gasteiger partial charge >= 0.3 is 0 Å². The van der Waals surface area contributed by atoms with Crippen LogP contribution in [0.2, 0.25) is 5.02 Å². The lowest BCUT2D eigenvalue weighted by Crippen LogP contribution is -1.91. The molecule has 6 heteroatoms. The van der Waals surface area contributed by atoms with Gasteiger partial charge in [0, 0.05) is 23.8 Å². The van der Waals surface area contributed by atoms with Crippen LogP contribution in [0.1, 0.15) is 12.5 Å². The van der Waals surface area contributed by atoms with Crippen molar-refractivity contribution in [3.05, 3.63) is 45.0 Å². The van der Waals surface area contributed by atoms with Crippen LogP contribution in [0.3, 0.4) is 0 Å². The maximum absolute atomic E-state index is 10.7. The summed E-state index contributed by atoms with van der Waals surface area (Å²) < 4.78 is 0. The number of hydrogen-bond acceptors (Lipinski definition) is 4. The quantitative estimate of drug-likeness (QED) is 0.621. The second-order valence-corrected chi connectivity index (χ2v) is 4.80. The fraction of sp³-hybridized carbons (Fsp3) is 0.182. The van der Waals surface area contributed by atoms with E-state index in [1.54, 1.807) is 12.2 Å². The van der Waals surface area contributed by atoms with Gasteiger partial charge in [0.15, 0.2) is 5.12 Å².